The molecule has 2 bridgehead atoms. The van der Waals surface area contributed by atoms with E-state index in [1.54, 1.807) is 6.07 Å². The molecule has 0 saturated carbocycles. The van der Waals surface area contributed by atoms with Crippen molar-refractivity contribution in [2.45, 2.75) is 42.4 Å². The smallest absolute Gasteiger partial charge is 0.166 e. The standard InChI is InChI=1S/C28H25ClN2O3/c1-2-10-31-11-9-27-23-17-5-8-21(32)25(23)34-26(27)24-18(14-28(27,33)22(31)13-17)12-19(15-30-24)16-3-6-20(29)7-4-16/h2-8,12,15,22,26,32-33H,1,9-11,13-14H2/t22?,26-,27?,28+/m0/s1. The minimum absolute atomic E-state index is 0.0688. The summed E-state index contributed by atoms with van der Waals surface area (Å²) in [5.74, 6) is 0.657. The van der Waals surface area contributed by atoms with Crippen LogP contribution >= 0.6 is 11.6 Å². The molecule has 4 atom stereocenters. The summed E-state index contributed by atoms with van der Waals surface area (Å²) >= 11 is 6.09. The quantitative estimate of drug-likeness (QED) is 0.546. The van der Waals surface area contributed by atoms with Crippen LogP contribution in [0.15, 0.2) is 61.3 Å². The van der Waals surface area contributed by atoms with Crippen LogP contribution in [0.1, 0.15) is 34.9 Å². The second-order valence-electron chi connectivity index (χ2n) is 10.0. The summed E-state index contributed by atoms with van der Waals surface area (Å²) in [6.45, 7) is 5.52. The number of nitrogens with zero attached hydrogens (tertiary/aromatic N) is 2. The summed E-state index contributed by atoms with van der Waals surface area (Å²) < 4.78 is 6.53. The number of aromatic hydroxyl groups is 1. The first-order valence-electron chi connectivity index (χ1n) is 11.8. The number of piperidine rings is 1. The average Bonchev–Trinajstić information content (AvgIpc) is 3.18. The van der Waals surface area contributed by atoms with E-state index in [9.17, 15) is 10.2 Å². The number of phenolic OH excluding ortho intramolecular Hbond substituents is 1. The van der Waals surface area contributed by atoms with Crippen LogP contribution < -0.4 is 4.74 Å². The van der Waals surface area contributed by atoms with Crippen molar-refractivity contribution in [2.24, 2.45) is 0 Å². The van der Waals surface area contributed by atoms with E-state index < -0.39 is 17.1 Å². The third-order valence-corrected chi connectivity index (χ3v) is 8.83. The molecule has 4 aliphatic rings. The van der Waals surface area contributed by atoms with E-state index in [1.165, 1.54) is 0 Å². The summed E-state index contributed by atoms with van der Waals surface area (Å²) in [6, 6.07) is 13.5. The van der Waals surface area contributed by atoms with E-state index in [2.05, 4.69) is 17.5 Å². The van der Waals surface area contributed by atoms with Crippen molar-refractivity contribution in [3.8, 4) is 22.6 Å². The lowest BCUT2D eigenvalue weighted by Crippen LogP contribution is -2.74. The highest BCUT2D eigenvalue weighted by molar-refractivity contribution is 6.30. The predicted molar refractivity (Wildman–Crippen MR) is 130 cm³/mol. The Labute approximate surface area is 203 Å². The number of hydrogen-bond donors (Lipinski definition) is 2. The van der Waals surface area contributed by atoms with Gasteiger partial charge in [-0.2, -0.15) is 0 Å². The Bertz CT molecular complexity index is 1360. The second kappa shape index (κ2) is 6.85. The third kappa shape index (κ3) is 2.40. The van der Waals surface area contributed by atoms with Gasteiger partial charge in [0.25, 0.3) is 0 Å². The fraction of sp³-hybridized carbons (Fsp3) is 0.321. The minimum Gasteiger partial charge on any atom is -0.504 e. The number of pyridine rings is 1. The van der Waals surface area contributed by atoms with Crippen LogP contribution in [0.3, 0.4) is 0 Å². The fourth-order valence-electron chi connectivity index (χ4n) is 7.18. The highest BCUT2D eigenvalue weighted by Crippen LogP contribution is 2.68. The number of phenols is 1. The van der Waals surface area contributed by atoms with Crippen LogP contribution in [0, 0.1) is 0 Å². The lowest BCUT2D eigenvalue weighted by molar-refractivity contribution is -0.171. The normalized spacial score (nSPS) is 30.3. The van der Waals surface area contributed by atoms with Crippen LogP contribution in [0.5, 0.6) is 11.5 Å². The van der Waals surface area contributed by atoms with Gasteiger partial charge < -0.3 is 14.9 Å². The molecule has 1 spiro atoms. The Kier molecular flexibility index (Phi) is 4.13. The second-order valence-corrected chi connectivity index (χ2v) is 10.5. The number of ether oxygens (including phenoxy) is 1. The van der Waals surface area contributed by atoms with Crippen LogP contribution in [0.4, 0.5) is 0 Å². The van der Waals surface area contributed by atoms with Gasteiger partial charge in [0.05, 0.1) is 16.7 Å². The molecular formula is C28H25ClN2O3. The zero-order valence-electron chi connectivity index (χ0n) is 18.7. The summed E-state index contributed by atoms with van der Waals surface area (Å²) in [6.07, 6.45) is 5.30. The molecule has 3 heterocycles. The topological polar surface area (TPSA) is 65.8 Å². The number of aliphatic hydroxyl groups is 1. The van der Waals surface area contributed by atoms with Crippen molar-refractivity contribution in [1.82, 2.24) is 9.88 Å². The van der Waals surface area contributed by atoms with Gasteiger partial charge >= 0.3 is 0 Å². The maximum Gasteiger partial charge on any atom is 0.166 e. The van der Waals surface area contributed by atoms with E-state index in [1.807, 2.05) is 42.6 Å². The molecule has 2 N–H and O–H groups in total. The summed E-state index contributed by atoms with van der Waals surface area (Å²) in [7, 11) is 0. The van der Waals surface area contributed by atoms with Gasteiger partial charge in [-0.1, -0.05) is 35.9 Å². The zero-order chi connectivity index (χ0) is 23.2. The molecule has 34 heavy (non-hydrogen) atoms. The molecule has 0 radical (unpaired) electrons. The Morgan fingerprint density at radius 3 is 2.79 bits per heavy atom. The van der Waals surface area contributed by atoms with Crippen molar-refractivity contribution < 1.29 is 14.9 Å². The molecule has 2 aromatic carbocycles. The number of hydrogen-bond acceptors (Lipinski definition) is 5. The molecule has 1 saturated heterocycles. The van der Waals surface area contributed by atoms with Gasteiger partial charge in [0, 0.05) is 47.9 Å². The molecular weight excluding hydrogens is 448 g/mol. The third-order valence-electron chi connectivity index (χ3n) is 8.57. The van der Waals surface area contributed by atoms with E-state index in [4.69, 9.17) is 21.3 Å². The minimum atomic E-state index is -1.04. The van der Waals surface area contributed by atoms with Crippen molar-refractivity contribution in [3.05, 3.63) is 88.7 Å². The number of benzene rings is 2. The predicted octanol–water partition coefficient (Wildman–Crippen LogP) is 4.58. The molecule has 6 heteroatoms. The van der Waals surface area contributed by atoms with E-state index >= 15 is 0 Å². The molecule has 3 aromatic rings. The first-order chi connectivity index (χ1) is 16.5. The lowest BCUT2D eigenvalue weighted by Gasteiger charge is -2.62. The van der Waals surface area contributed by atoms with Gasteiger partial charge in [-0.3, -0.25) is 9.88 Å². The maximum absolute atomic E-state index is 12.7. The highest BCUT2D eigenvalue weighted by Gasteiger charge is 2.72. The fourth-order valence-corrected chi connectivity index (χ4v) is 7.30. The molecule has 2 aliphatic heterocycles. The zero-order valence-corrected chi connectivity index (χ0v) is 19.4. The lowest BCUT2D eigenvalue weighted by atomic mass is 9.49. The number of fused-ring (bicyclic) bond motifs is 2. The van der Waals surface area contributed by atoms with Gasteiger partial charge in [0.1, 0.15) is 0 Å². The largest absolute Gasteiger partial charge is 0.504 e. The van der Waals surface area contributed by atoms with E-state index in [0.29, 0.717) is 23.6 Å². The first-order valence-corrected chi connectivity index (χ1v) is 12.2. The van der Waals surface area contributed by atoms with Crippen LogP contribution in [-0.2, 0) is 18.3 Å². The number of aromatic nitrogens is 1. The maximum atomic E-state index is 12.7. The van der Waals surface area contributed by atoms with Gasteiger partial charge in [-0.05, 0) is 53.8 Å². The SMILES string of the molecule is C=CCN1CCC23c4c5ccc(O)c4O[C@H]2c2ncc(-c4ccc(Cl)cc4)cc2C[C@@]3(O)C1C5. The van der Waals surface area contributed by atoms with E-state index in [-0.39, 0.29) is 11.8 Å². The van der Waals surface area contributed by atoms with Crippen molar-refractivity contribution in [1.29, 1.82) is 0 Å². The van der Waals surface area contributed by atoms with E-state index in [0.717, 1.165) is 53.0 Å². The molecule has 1 aromatic heterocycles. The molecule has 5 nitrogen and oxygen atoms in total. The summed E-state index contributed by atoms with van der Waals surface area (Å²) in [4.78, 5) is 7.26. The first kappa shape index (κ1) is 20.5. The molecule has 1 fully saturated rings. The summed E-state index contributed by atoms with van der Waals surface area (Å²) in [5.41, 5.74) is 4.34. The number of rotatable bonds is 3. The molecule has 2 unspecified atom stereocenters. The van der Waals surface area contributed by atoms with Crippen molar-refractivity contribution >= 4 is 11.6 Å². The molecule has 0 amide bonds. The van der Waals surface area contributed by atoms with Crippen molar-refractivity contribution in [2.75, 3.05) is 13.1 Å². The van der Waals surface area contributed by atoms with Crippen LogP contribution in [0.2, 0.25) is 5.02 Å². The Morgan fingerprint density at radius 2 is 2.00 bits per heavy atom. The van der Waals surface area contributed by atoms with Gasteiger partial charge in [-0.25, -0.2) is 0 Å². The Balaban J connectivity index is 1.45. The highest BCUT2D eigenvalue weighted by atomic mass is 35.5. The van der Waals surface area contributed by atoms with Crippen LogP contribution in [0.25, 0.3) is 11.1 Å². The Morgan fingerprint density at radius 1 is 1.18 bits per heavy atom. The van der Waals surface area contributed by atoms with Crippen LogP contribution in [-0.4, -0.2) is 44.8 Å². The number of halogens is 1. The molecule has 2 aliphatic carbocycles. The number of likely N-dealkylation sites (tertiary alicyclic amines) is 1. The Hall–Kier alpha value is -2.86. The average molecular weight is 473 g/mol. The van der Waals surface area contributed by atoms with Gasteiger partial charge in [0.15, 0.2) is 17.6 Å². The van der Waals surface area contributed by atoms with Crippen molar-refractivity contribution in [3.63, 3.8) is 0 Å². The van der Waals surface area contributed by atoms with Gasteiger partial charge in [-0.15, -0.1) is 6.58 Å². The van der Waals surface area contributed by atoms with Gasteiger partial charge in [0.2, 0.25) is 0 Å². The molecule has 172 valence electrons. The summed E-state index contributed by atoms with van der Waals surface area (Å²) in [5, 5.41) is 24.1. The monoisotopic (exact) mass is 472 g/mol. The molecule has 7 rings (SSSR count).